The van der Waals surface area contributed by atoms with Gasteiger partial charge in [0, 0.05) is 11.8 Å². The van der Waals surface area contributed by atoms with Crippen molar-refractivity contribution in [1.82, 2.24) is 16.0 Å². The van der Waals surface area contributed by atoms with E-state index in [0.717, 1.165) is 6.42 Å². The van der Waals surface area contributed by atoms with Crippen LogP contribution in [0.25, 0.3) is 10.4 Å². The van der Waals surface area contributed by atoms with Gasteiger partial charge in [-0.05, 0) is 63.3 Å². The molecule has 0 aromatic carbocycles. The second-order valence-electron chi connectivity index (χ2n) is 18.5. The lowest BCUT2D eigenvalue weighted by atomic mass is 9.96. The van der Waals surface area contributed by atoms with Crippen LogP contribution in [0.4, 0.5) is 0 Å². The number of ether oxygens (including phenoxy) is 5. The fourth-order valence-corrected chi connectivity index (χ4v) is 5.82. The first kappa shape index (κ1) is 60.2. The molecule has 22 nitrogen and oxygen atoms in total. The first-order chi connectivity index (χ1) is 29.7. The van der Waals surface area contributed by atoms with Crippen LogP contribution in [-0.4, -0.2) is 158 Å². The molecule has 64 heavy (non-hydrogen) atoms. The summed E-state index contributed by atoms with van der Waals surface area (Å²) in [7, 11) is 0. The van der Waals surface area contributed by atoms with E-state index in [-0.39, 0.29) is 79.9 Å². The monoisotopic (exact) mass is 919 g/mol. The highest BCUT2D eigenvalue weighted by Gasteiger charge is 2.32. The molecule has 4 aliphatic rings. The zero-order chi connectivity index (χ0) is 49.3. The fraction of sp³-hybridized carbons (Fsp3) is 0.857. The average molecular weight is 919 g/mol. The summed E-state index contributed by atoms with van der Waals surface area (Å²) in [6, 6.07) is -2.53. The van der Waals surface area contributed by atoms with Gasteiger partial charge in [-0.25, -0.2) is 0 Å². The molecule has 4 saturated heterocycles. The van der Waals surface area contributed by atoms with Crippen LogP contribution in [0.5, 0.6) is 0 Å². The van der Waals surface area contributed by atoms with Crippen molar-refractivity contribution in [2.24, 2.45) is 45.7 Å². The maximum absolute atomic E-state index is 12.0. The predicted molar refractivity (Wildman–Crippen MR) is 235 cm³/mol. The van der Waals surface area contributed by atoms with Crippen molar-refractivity contribution in [3.63, 3.8) is 0 Å². The average Bonchev–Trinajstić information content (AvgIpc) is 3.98. The number of nitrogens with one attached hydrogen (secondary N) is 3. The van der Waals surface area contributed by atoms with Crippen molar-refractivity contribution in [3.8, 4) is 0 Å². The molecule has 0 saturated carbocycles. The number of esters is 2. The van der Waals surface area contributed by atoms with Crippen LogP contribution in [0.2, 0.25) is 0 Å². The van der Waals surface area contributed by atoms with Crippen molar-refractivity contribution in [2.45, 2.75) is 150 Å². The molecule has 4 aliphatic heterocycles. The number of aliphatic hydroxyl groups is 3. The summed E-state index contributed by atoms with van der Waals surface area (Å²) in [6.07, 6.45) is 0.278. The SMILES string of the molecule is CC(=O)N[C@@H](CC(C)C)C(=O)N[C@H]1COCC1=O.CC(C)C[C@H](C)C(=O)OC(=O)C(C)(C)C.CC(C)C[C@H](N)C(=O)N[C@H]1COC[C@@H]1O.N[C@H]1COC[C@@H]1O.[N-]=[N+]=NC1COCC1O. The van der Waals surface area contributed by atoms with E-state index in [1.54, 1.807) is 27.7 Å². The normalized spacial score (nSPS) is 25.0. The maximum Gasteiger partial charge on any atom is 0.318 e. The molecule has 0 bridgehead atoms. The first-order valence-corrected chi connectivity index (χ1v) is 21.8. The van der Waals surface area contributed by atoms with E-state index in [2.05, 4.69) is 26.0 Å². The molecule has 10 N–H and O–H groups in total. The Kier molecular flexibility index (Phi) is 29.3. The predicted octanol–water partition coefficient (Wildman–Crippen LogP) is 0.403. The van der Waals surface area contributed by atoms with Gasteiger partial charge >= 0.3 is 11.9 Å². The minimum atomic E-state index is -0.618. The molecular weight excluding hydrogens is 841 g/mol. The van der Waals surface area contributed by atoms with Crippen molar-refractivity contribution in [3.05, 3.63) is 10.4 Å². The second-order valence-corrected chi connectivity index (χ2v) is 18.5. The molecule has 4 rings (SSSR count). The van der Waals surface area contributed by atoms with Crippen LogP contribution in [-0.2, 0) is 52.5 Å². The Balaban J connectivity index is 0.000000800. The van der Waals surface area contributed by atoms with Gasteiger partial charge in [0.15, 0.2) is 5.78 Å². The lowest BCUT2D eigenvalue weighted by molar-refractivity contribution is -0.168. The maximum atomic E-state index is 12.0. The number of amides is 3. The number of aliphatic hydroxyl groups excluding tert-OH is 3. The number of hydrogen-bond donors (Lipinski definition) is 8. The number of nitrogens with zero attached hydrogens (tertiary/aromatic N) is 3. The molecule has 0 aromatic heterocycles. The van der Waals surface area contributed by atoms with Crippen molar-refractivity contribution in [1.29, 1.82) is 0 Å². The highest BCUT2D eigenvalue weighted by molar-refractivity contribution is 5.94. The Morgan fingerprint density at radius 1 is 0.781 bits per heavy atom. The van der Waals surface area contributed by atoms with Crippen molar-refractivity contribution in [2.75, 3.05) is 52.9 Å². The van der Waals surface area contributed by atoms with E-state index in [1.807, 2.05) is 41.5 Å². The quantitative estimate of drug-likeness (QED) is 0.0408. The smallest absolute Gasteiger partial charge is 0.318 e. The van der Waals surface area contributed by atoms with Gasteiger partial charge in [-0.3, -0.25) is 28.8 Å². The molecule has 22 heteroatoms. The Morgan fingerprint density at radius 2 is 1.33 bits per heavy atom. The van der Waals surface area contributed by atoms with Crippen LogP contribution in [0.3, 0.4) is 0 Å². The molecule has 4 fully saturated rings. The summed E-state index contributed by atoms with van der Waals surface area (Å²) < 4.78 is 24.4. The summed E-state index contributed by atoms with van der Waals surface area (Å²) in [5, 5.41) is 38.3. The second kappa shape index (κ2) is 31.2. The molecule has 2 unspecified atom stereocenters. The lowest BCUT2D eigenvalue weighted by Gasteiger charge is -2.20. The van der Waals surface area contributed by atoms with E-state index < -0.39 is 53.8 Å². The summed E-state index contributed by atoms with van der Waals surface area (Å²) in [4.78, 5) is 71.4. The minimum Gasteiger partial charge on any atom is -0.393 e. The third kappa shape index (κ3) is 26.2. The highest BCUT2D eigenvalue weighted by Crippen LogP contribution is 2.19. The zero-order valence-corrected chi connectivity index (χ0v) is 39.6. The van der Waals surface area contributed by atoms with Gasteiger partial charge in [0.25, 0.3) is 0 Å². The molecule has 0 aromatic rings. The number of azide groups is 1. The number of nitrogens with two attached hydrogens (primary N) is 2. The summed E-state index contributed by atoms with van der Waals surface area (Å²) in [5.41, 5.74) is 18.3. The molecule has 370 valence electrons. The van der Waals surface area contributed by atoms with Crippen LogP contribution >= 0.6 is 0 Å². The fourth-order valence-electron chi connectivity index (χ4n) is 5.82. The number of carbonyl (C=O) groups is 6. The van der Waals surface area contributed by atoms with E-state index in [9.17, 15) is 33.9 Å². The van der Waals surface area contributed by atoms with Gasteiger partial charge in [0.2, 0.25) is 17.7 Å². The molecule has 10 atom stereocenters. The largest absolute Gasteiger partial charge is 0.393 e. The van der Waals surface area contributed by atoms with Gasteiger partial charge in [0.1, 0.15) is 18.7 Å². The van der Waals surface area contributed by atoms with Gasteiger partial charge in [-0.2, -0.15) is 0 Å². The minimum absolute atomic E-state index is 0.0416. The summed E-state index contributed by atoms with van der Waals surface area (Å²) in [6.45, 7) is 22.8. The third-order valence-electron chi connectivity index (χ3n) is 9.42. The molecule has 0 spiro atoms. The molecule has 0 aliphatic carbocycles. The molecular formula is C42H78N8O14. The van der Waals surface area contributed by atoms with Crippen molar-refractivity contribution >= 4 is 35.4 Å². The molecule has 3 amide bonds. The van der Waals surface area contributed by atoms with Crippen LogP contribution in [0.15, 0.2) is 5.11 Å². The Bertz CT molecular complexity index is 1480. The number of hydrogen-bond acceptors (Lipinski definition) is 17. The van der Waals surface area contributed by atoms with Crippen LogP contribution in [0.1, 0.15) is 95.4 Å². The standard InChI is InChI=1S/C12H20N2O4.C12H22O3.C10H20N2O3.C4H7N3O2.C4H9NO2/c1-7(2)4-9(13-8(3)15)12(17)14-10-5-18-6-11(10)16;1-8(2)7-9(3)10(13)15-11(14)12(4,5)6;1-6(2)3-7(11)10(14)12-8-4-15-5-9(8)13;5-7-6-3-1-9-2-4(3)8;5-3-1-7-2-4(3)6/h7,9-10H,4-6H2,1-3H3,(H,13,15)(H,14,17);8-9H,7H2,1-6H3;6-9,13H,3-5,11H2,1-2H3,(H,12,14);3-4,8H,1-2H2;3-4,6H,1-2,5H2/t9-,10-;9-;7-,8-,9-;;3-,4-/m000.0/s1. The van der Waals surface area contributed by atoms with Crippen LogP contribution < -0.4 is 27.4 Å². The number of Topliss-reactive ketones (excluding diaryl/α,β-unsaturated/α-hetero) is 1. The van der Waals surface area contributed by atoms with E-state index >= 15 is 0 Å². The van der Waals surface area contributed by atoms with Crippen LogP contribution in [0, 0.1) is 29.1 Å². The van der Waals surface area contributed by atoms with Gasteiger partial charge < -0.3 is 66.4 Å². The van der Waals surface area contributed by atoms with Gasteiger partial charge in [-0.15, -0.1) is 0 Å². The summed E-state index contributed by atoms with van der Waals surface area (Å²) in [5.74, 6) is -0.931. The molecule has 0 radical (unpaired) electrons. The Morgan fingerprint density at radius 3 is 1.72 bits per heavy atom. The highest BCUT2D eigenvalue weighted by atomic mass is 16.6. The Labute approximate surface area is 377 Å². The number of rotatable bonds is 13. The Hall–Kier alpha value is -3.83. The van der Waals surface area contributed by atoms with E-state index in [4.69, 9.17) is 50.9 Å². The van der Waals surface area contributed by atoms with Gasteiger partial charge in [-0.1, -0.05) is 53.6 Å². The number of ketones is 1. The first-order valence-electron chi connectivity index (χ1n) is 21.8. The number of carbonyl (C=O) groups excluding carboxylic acids is 6. The zero-order valence-electron chi connectivity index (χ0n) is 39.6. The lowest BCUT2D eigenvalue weighted by Crippen LogP contribution is -2.51. The van der Waals surface area contributed by atoms with E-state index in [0.29, 0.717) is 51.1 Å². The van der Waals surface area contributed by atoms with E-state index in [1.165, 1.54) is 6.92 Å². The van der Waals surface area contributed by atoms with Crippen molar-refractivity contribution < 1.29 is 67.8 Å². The molecule has 4 heterocycles. The summed E-state index contributed by atoms with van der Waals surface area (Å²) >= 11 is 0. The topological polar surface area (TPSA) is 346 Å². The third-order valence-corrected chi connectivity index (χ3v) is 9.42. The van der Waals surface area contributed by atoms with Gasteiger partial charge in [0.05, 0.1) is 100 Å².